The van der Waals surface area contributed by atoms with Gasteiger partial charge in [0, 0.05) is 5.92 Å². The summed E-state index contributed by atoms with van der Waals surface area (Å²) in [5, 5.41) is 1.93. The van der Waals surface area contributed by atoms with Crippen LogP contribution in [0, 0.1) is 11.7 Å². The molecule has 0 spiro atoms. The predicted molar refractivity (Wildman–Crippen MR) is 101 cm³/mol. The van der Waals surface area contributed by atoms with Crippen LogP contribution < -0.4 is 4.74 Å². The van der Waals surface area contributed by atoms with Gasteiger partial charge in [0.05, 0.1) is 0 Å². The van der Waals surface area contributed by atoms with E-state index in [9.17, 15) is 17.6 Å². The minimum absolute atomic E-state index is 0.0707. The number of aryl methyl sites for hydroxylation is 1. The molecule has 0 fully saturated rings. The van der Waals surface area contributed by atoms with Gasteiger partial charge < -0.3 is 4.74 Å². The van der Waals surface area contributed by atoms with Crippen molar-refractivity contribution in [2.75, 3.05) is 0 Å². The average Bonchev–Trinajstić information content (AvgIpc) is 2.66. The summed E-state index contributed by atoms with van der Waals surface area (Å²) in [4.78, 5) is 0. The molecule has 0 amide bonds. The summed E-state index contributed by atoms with van der Waals surface area (Å²) in [5.41, 5.74) is 3.24. The number of hydrogen-bond acceptors (Lipinski definition) is 1. The van der Waals surface area contributed by atoms with E-state index < -0.39 is 6.36 Å². The molecule has 1 aliphatic rings. The number of alkyl halides is 3. The number of fused-ring (bicyclic) bond motifs is 3. The monoisotopic (exact) mass is 388 g/mol. The number of halogens is 4. The first-order chi connectivity index (χ1) is 13.4. The fraction of sp³-hybridized carbons (Fsp3) is 0.304. The van der Waals surface area contributed by atoms with Crippen LogP contribution in [0.25, 0.3) is 10.8 Å². The van der Waals surface area contributed by atoms with E-state index in [0.717, 1.165) is 46.7 Å². The second-order valence-electron chi connectivity index (χ2n) is 7.30. The normalized spacial score (nSPS) is 19.5. The van der Waals surface area contributed by atoms with Crippen molar-refractivity contribution in [3.05, 3.63) is 77.1 Å². The lowest BCUT2D eigenvalue weighted by Crippen LogP contribution is -2.22. The first-order valence-corrected chi connectivity index (χ1v) is 9.42. The molecule has 3 aromatic carbocycles. The van der Waals surface area contributed by atoms with E-state index in [1.807, 2.05) is 6.07 Å². The van der Waals surface area contributed by atoms with Gasteiger partial charge in [-0.05, 0) is 70.5 Å². The lowest BCUT2D eigenvalue weighted by molar-refractivity contribution is -0.274. The molecular formula is C23H20F4O. The molecule has 4 rings (SSSR count). The molecule has 0 radical (unpaired) electrons. The standard InChI is InChI=1S/C23H20F4O/c1-2-14-6-11-19-20(12-7-15-3-8-17(24)13-21(15)19)22(14)16-4-9-18(10-5-16)28-23(25,26)27/h3-5,7-10,12-14,22H,2,6,11H2,1H3/t14-,22-/m1/s1. The zero-order valence-electron chi connectivity index (χ0n) is 15.4. The molecule has 0 unspecified atom stereocenters. The topological polar surface area (TPSA) is 9.23 Å². The summed E-state index contributed by atoms with van der Waals surface area (Å²) in [6.07, 6.45) is -1.90. The molecule has 0 aliphatic heterocycles. The lowest BCUT2D eigenvalue weighted by Gasteiger charge is -2.34. The van der Waals surface area contributed by atoms with Crippen LogP contribution in [0.2, 0.25) is 0 Å². The molecule has 0 bridgehead atoms. The molecule has 1 aliphatic carbocycles. The zero-order chi connectivity index (χ0) is 19.9. The van der Waals surface area contributed by atoms with Crippen molar-refractivity contribution in [2.45, 2.75) is 38.5 Å². The highest BCUT2D eigenvalue weighted by Crippen LogP contribution is 2.45. The van der Waals surface area contributed by atoms with Gasteiger partial charge in [0.25, 0.3) is 0 Å². The van der Waals surface area contributed by atoms with Crippen molar-refractivity contribution < 1.29 is 22.3 Å². The van der Waals surface area contributed by atoms with Crippen molar-refractivity contribution >= 4 is 10.8 Å². The number of rotatable bonds is 3. The van der Waals surface area contributed by atoms with Crippen LogP contribution >= 0.6 is 0 Å². The minimum atomic E-state index is -4.70. The second-order valence-corrected chi connectivity index (χ2v) is 7.30. The van der Waals surface area contributed by atoms with Crippen molar-refractivity contribution in [1.29, 1.82) is 0 Å². The van der Waals surface area contributed by atoms with E-state index in [-0.39, 0.29) is 17.5 Å². The van der Waals surface area contributed by atoms with Gasteiger partial charge in [0.15, 0.2) is 0 Å². The van der Waals surface area contributed by atoms with Gasteiger partial charge in [0.1, 0.15) is 11.6 Å². The number of hydrogen-bond donors (Lipinski definition) is 0. The average molecular weight is 388 g/mol. The molecule has 5 heteroatoms. The maximum atomic E-state index is 13.8. The summed E-state index contributed by atoms with van der Waals surface area (Å²) in [7, 11) is 0. The summed E-state index contributed by atoms with van der Waals surface area (Å²) in [5.74, 6) is -0.0288. The molecule has 0 saturated carbocycles. The molecule has 0 aromatic heterocycles. The van der Waals surface area contributed by atoms with Gasteiger partial charge in [0.2, 0.25) is 0 Å². The van der Waals surface area contributed by atoms with Gasteiger partial charge in [-0.1, -0.05) is 43.7 Å². The van der Waals surface area contributed by atoms with Gasteiger partial charge >= 0.3 is 6.36 Å². The third-order valence-electron chi connectivity index (χ3n) is 5.70. The van der Waals surface area contributed by atoms with Crippen LogP contribution in [-0.2, 0) is 6.42 Å². The van der Waals surface area contributed by atoms with E-state index in [4.69, 9.17) is 0 Å². The quantitative estimate of drug-likeness (QED) is 0.440. The zero-order valence-corrected chi connectivity index (χ0v) is 15.4. The Morgan fingerprint density at radius 2 is 1.71 bits per heavy atom. The Bertz CT molecular complexity index is 992. The Kier molecular flexibility index (Phi) is 4.77. The van der Waals surface area contributed by atoms with E-state index >= 15 is 0 Å². The maximum Gasteiger partial charge on any atom is 0.573 e. The molecule has 1 nitrogen and oxygen atoms in total. The minimum Gasteiger partial charge on any atom is -0.406 e. The van der Waals surface area contributed by atoms with Crippen LogP contribution in [-0.4, -0.2) is 6.36 Å². The molecule has 146 valence electrons. The third-order valence-corrected chi connectivity index (χ3v) is 5.70. The van der Waals surface area contributed by atoms with Crippen molar-refractivity contribution in [1.82, 2.24) is 0 Å². The molecular weight excluding hydrogens is 368 g/mol. The van der Waals surface area contributed by atoms with Crippen LogP contribution in [0.15, 0.2) is 54.6 Å². The predicted octanol–water partition coefficient (Wildman–Crippen LogP) is 6.98. The first kappa shape index (κ1) is 18.8. The van der Waals surface area contributed by atoms with Crippen molar-refractivity contribution in [2.24, 2.45) is 5.92 Å². The molecule has 0 saturated heterocycles. The van der Waals surface area contributed by atoms with E-state index in [0.29, 0.717) is 5.92 Å². The highest BCUT2D eigenvalue weighted by Gasteiger charge is 2.33. The molecule has 28 heavy (non-hydrogen) atoms. The first-order valence-electron chi connectivity index (χ1n) is 9.42. The SMILES string of the molecule is CC[C@@H]1CCc2c(ccc3ccc(F)cc23)[C@H]1c1ccc(OC(F)(F)F)cc1. The Balaban J connectivity index is 1.78. The van der Waals surface area contributed by atoms with Crippen molar-refractivity contribution in [3.63, 3.8) is 0 Å². The molecule has 3 aromatic rings. The van der Waals surface area contributed by atoms with Gasteiger partial charge in [-0.25, -0.2) is 4.39 Å². The maximum absolute atomic E-state index is 13.8. The van der Waals surface area contributed by atoms with Crippen LogP contribution in [0.3, 0.4) is 0 Å². The number of ether oxygens (including phenoxy) is 1. The fourth-order valence-corrected chi connectivity index (χ4v) is 4.46. The Labute approximate surface area is 160 Å². The summed E-state index contributed by atoms with van der Waals surface area (Å²) < 4.78 is 55.2. The van der Waals surface area contributed by atoms with E-state index in [1.165, 1.54) is 18.2 Å². The van der Waals surface area contributed by atoms with Crippen molar-refractivity contribution in [3.8, 4) is 5.75 Å². The number of benzene rings is 3. The summed E-state index contributed by atoms with van der Waals surface area (Å²) >= 11 is 0. The van der Waals surface area contributed by atoms with Gasteiger partial charge in [-0.15, -0.1) is 13.2 Å². The smallest absolute Gasteiger partial charge is 0.406 e. The van der Waals surface area contributed by atoms with Crippen LogP contribution in [0.1, 0.15) is 42.4 Å². The highest BCUT2D eigenvalue weighted by atomic mass is 19.4. The summed E-state index contributed by atoms with van der Waals surface area (Å²) in [6.45, 7) is 2.13. The lowest BCUT2D eigenvalue weighted by atomic mass is 9.70. The third kappa shape index (κ3) is 3.58. The largest absolute Gasteiger partial charge is 0.573 e. The van der Waals surface area contributed by atoms with Crippen LogP contribution in [0.4, 0.5) is 17.6 Å². The van der Waals surface area contributed by atoms with E-state index in [1.54, 1.807) is 24.3 Å². The van der Waals surface area contributed by atoms with Crippen LogP contribution in [0.5, 0.6) is 5.75 Å². The summed E-state index contributed by atoms with van der Waals surface area (Å²) in [6, 6.07) is 15.1. The Hall–Kier alpha value is -2.56. The second kappa shape index (κ2) is 7.12. The van der Waals surface area contributed by atoms with E-state index in [2.05, 4.69) is 17.7 Å². The van der Waals surface area contributed by atoms with Gasteiger partial charge in [-0.2, -0.15) is 0 Å². The molecule has 0 heterocycles. The Morgan fingerprint density at radius 3 is 2.39 bits per heavy atom. The highest BCUT2D eigenvalue weighted by molar-refractivity contribution is 5.87. The van der Waals surface area contributed by atoms with Gasteiger partial charge in [-0.3, -0.25) is 0 Å². The molecule has 0 N–H and O–H groups in total. The fourth-order valence-electron chi connectivity index (χ4n) is 4.46. The molecule has 2 atom stereocenters. The Morgan fingerprint density at radius 1 is 1.00 bits per heavy atom.